The Morgan fingerprint density at radius 2 is 1.60 bits per heavy atom. The number of unbranched alkanes of at least 4 members (excludes halogenated alkanes) is 4. The van der Waals surface area contributed by atoms with Gasteiger partial charge in [-0.1, -0.05) is 80.8 Å². The molecule has 5 N–H and O–H groups in total. The number of para-hydroxylation sites is 1. The number of benzene rings is 2. The third-order valence-corrected chi connectivity index (χ3v) is 9.85. The second-order valence-electron chi connectivity index (χ2n) is 13.5. The summed E-state index contributed by atoms with van der Waals surface area (Å²) in [6.07, 6.45) is 9.38. The van der Waals surface area contributed by atoms with Crippen LogP contribution in [0, 0.1) is 18.8 Å². The van der Waals surface area contributed by atoms with Crippen LogP contribution in [-0.2, 0) is 30.4 Å². The van der Waals surface area contributed by atoms with Crippen molar-refractivity contribution in [3.05, 3.63) is 95.8 Å². The number of rotatable bonds is 20. The summed E-state index contributed by atoms with van der Waals surface area (Å²) in [5, 5.41) is 8.64. The van der Waals surface area contributed by atoms with Crippen molar-refractivity contribution < 1.29 is 24.0 Å². The highest BCUT2D eigenvalue weighted by Crippen LogP contribution is 2.43. The Balaban J connectivity index is 1.44. The maximum absolute atomic E-state index is 14.1. The molecule has 11 nitrogen and oxygen atoms in total. The van der Waals surface area contributed by atoms with Crippen molar-refractivity contribution in [1.29, 1.82) is 0 Å². The minimum absolute atomic E-state index is 0.0732. The molecule has 0 spiro atoms. The lowest BCUT2D eigenvalue weighted by atomic mass is 9.82. The third kappa shape index (κ3) is 11.3. The van der Waals surface area contributed by atoms with Gasteiger partial charge in [0.15, 0.2) is 0 Å². The summed E-state index contributed by atoms with van der Waals surface area (Å²) >= 11 is 0. The third-order valence-electron chi connectivity index (χ3n) is 9.85. The molecule has 1 aliphatic rings. The second-order valence-corrected chi connectivity index (χ2v) is 13.5. The Kier molecular flexibility index (Phi) is 16.0. The zero-order chi connectivity index (χ0) is 37.3. The first kappa shape index (κ1) is 39.9. The summed E-state index contributed by atoms with van der Waals surface area (Å²) in [6.45, 7) is 4.50. The van der Waals surface area contributed by atoms with Crippen molar-refractivity contribution in [2.75, 3.05) is 31.1 Å². The molecule has 4 rings (SSSR count). The Morgan fingerprint density at radius 1 is 0.885 bits per heavy atom. The van der Waals surface area contributed by atoms with Crippen LogP contribution in [0.3, 0.4) is 0 Å². The molecular weight excluding hydrogens is 656 g/mol. The van der Waals surface area contributed by atoms with Gasteiger partial charge in [-0.25, -0.2) is 0 Å². The number of carbonyl (C=O) groups is 5. The first-order valence-electron chi connectivity index (χ1n) is 18.6. The molecule has 2 aromatic carbocycles. The van der Waals surface area contributed by atoms with Crippen molar-refractivity contribution in [3.8, 4) is 0 Å². The quantitative estimate of drug-likeness (QED) is 0.127. The summed E-state index contributed by atoms with van der Waals surface area (Å²) in [4.78, 5) is 72.8. The van der Waals surface area contributed by atoms with Gasteiger partial charge in [-0.3, -0.25) is 33.9 Å². The molecule has 1 saturated carbocycles. The Morgan fingerprint density at radius 3 is 2.31 bits per heavy atom. The van der Waals surface area contributed by atoms with Crippen molar-refractivity contribution >= 4 is 35.1 Å². The number of nitrogens with two attached hydrogens (primary N) is 1. The first-order valence-corrected chi connectivity index (χ1v) is 18.6. The lowest BCUT2D eigenvalue weighted by molar-refractivity contribution is -0.128. The van der Waals surface area contributed by atoms with Crippen LogP contribution in [0.2, 0.25) is 0 Å². The van der Waals surface area contributed by atoms with Gasteiger partial charge in [-0.05, 0) is 61.6 Å². The number of hydrogen-bond donors (Lipinski definition) is 4. The van der Waals surface area contributed by atoms with Gasteiger partial charge in [0, 0.05) is 62.3 Å². The number of nitrogens with one attached hydrogen (secondary N) is 3. The molecule has 0 saturated heterocycles. The first-order chi connectivity index (χ1) is 25.2. The van der Waals surface area contributed by atoms with E-state index in [0.29, 0.717) is 25.1 Å². The van der Waals surface area contributed by atoms with Crippen LogP contribution in [0.5, 0.6) is 0 Å². The van der Waals surface area contributed by atoms with E-state index in [2.05, 4.69) is 20.9 Å². The van der Waals surface area contributed by atoms with Crippen molar-refractivity contribution in [2.45, 2.75) is 83.6 Å². The molecule has 0 bridgehead atoms. The lowest BCUT2D eigenvalue weighted by Crippen LogP contribution is -2.54. The maximum atomic E-state index is 14.1. The van der Waals surface area contributed by atoms with E-state index in [0.717, 1.165) is 48.8 Å². The van der Waals surface area contributed by atoms with Crippen molar-refractivity contribution in [1.82, 2.24) is 20.9 Å². The summed E-state index contributed by atoms with van der Waals surface area (Å²) in [6, 6.07) is 19.6. The molecule has 1 aromatic heterocycles. The molecule has 4 atom stereocenters. The highest BCUT2D eigenvalue weighted by atomic mass is 16.2. The van der Waals surface area contributed by atoms with Crippen LogP contribution in [0.15, 0.2) is 79.1 Å². The Hall–Kier alpha value is -4.90. The fourth-order valence-corrected chi connectivity index (χ4v) is 7.13. The number of aryl methyl sites for hydroxylation is 1. The smallest absolute Gasteiger partial charge is 0.247 e. The van der Waals surface area contributed by atoms with Gasteiger partial charge in [0.2, 0.25) is 23.6 Å². The number of ketones is 1. The summed E-state index contributed by atoms with van der Waals surface area (Å²) in [5.41, 5.74) is 8.67. The van der Waals surface area contributed by atoms with Crippen LogP contribution in [0.1, 0.15) is 80.9 Å². The molecule has 0 aliphatic heterocycles. The van der Waals surface area contributed by atoms with Crippen molar-refractivity contribution in [3.63, 3.8) is 0 Å². The monoisotopic (exact) mass is 710 g/mol. The number of aromatic nitrogens is 1. The van der Waals surface area contributed by atoms with Crippen molar-refractivity contribution in [2.24, 2.45) is 17.6 Å². The van der Waals surface area contributed by atoms with Gasteiger partial charge in [0.05, 0.1) is 12.5 Å². The normalized spacial score (nSPS) is 17.3. The fourth-order valence-electron chi connectivity index (χ4n) is 7.13. The second kappa shape index (κ2) is 20.8. The molecule has 52 heavy (non-hydrogen) atoms. The molecule has 4 amide bonds. The van der Waals surface area contributed by atoms with E-state index >= 15 is 0 Å². The minimum atomic E-state index is -0.945. The average Bonchev–Trinajstić information content (AvgIpc) is 3.50. The summed E-state index contributed by atoms with van der Waals surface area (Å²) in [7, 11) is 0. The van der Waals surface area contributed by atoms with E-state index < -0.39 is 23.8 Å². The number of amides is 4. The molecule has 278 valence electrons. The molecule has 1 unspecified atom stereocenters. The number of nitrogens with zero attached hydrogens (tertiary/aromatic N) is 2. The Bertz CT molecular complexity index is 1620. The van der Waals surface area contributed by atoms with E-state index in [9.17, 15) is 24.0 Å². The van der Waals surface area contributed by atoms with Gasteiger partial charge in [0.25, 0.3) is 0 Å². The highest BCUT2D eigenvalue weighted by molar-refractivity contribution is 6.03. The van der Waals surface area contributed by atoms with Crippen LogP contribution in [-0.4, -0.2) is 66.6 Å². The van der Waals surface area contributed by atoms with Gasteiger partial charge < -0.3 is 21.7 Å². The zero-order valence-corrected chi connectivity index (χ0v) is 30.5. The average molecular weight is 711 g/mol. The standard InChI is InChI=1S/C41H54N6O5/c1-3-32-36(48)26-33(39(32)31-18-14-22-43-27-31)40(51)44-23-24-45-41(52)35(25-30-16-8-7-9-17-30)47(34-19-12-11-15-29(34)2)38(50)28-46-37(49)20-10-5-4-6-13-21-42/h7-9,11-12,14-19,22,27,32-33,35,39H,3-6,10,13,20-21,23-26,28,42H2,1-2H3,(H,44,51)(H,45,52)(H,46,49)/t32?,33-,35-,39-/m0/s1. The number of carbonyl (C=O) groups excluding carboxylic acids is 5. The van der Waals surface area contributed by atoms with Crippen LogP contribution in [0.4, 0.5) is 5.69 Å². The maximum Gasteiger partial charge on any atom is 0.247 e. The van der Waals surface area contributed by atoms with Crippen LogP contribution in [0.25, 0.3) is 0 Å². The number of Topliss-reactive ketones (excluding diaryl/α,β-unsaturated/α-hetero) is 1. The molecule has 11 heteroatoms. The van der Waals surface area contributed by atoms with Crippen LogP contribution < -0.4 is 26.6 Å². The van der Waals surface area contributed by atoms with Gasteiger partial charge in [0.1, 0.15) is 11.8 Å². The molecular formula is C41H54N6O5. The number of pyridine rings is 1. The molecule has 0 radical (unpaired) electrons. The highest BCUT2D eigenvalue weighted by Gasteiger charge is 2.45. The van der Waals surface area contributed by atoms with Gasteiger partial charge in [-0.2, -0.15) is 0 Å². The number of anilines is 1. The molecule has 1 heterocycles. The van der Waals surface area contributed by atoms with Gasteiger partial charge >= 0.3 is 0 Å². The van der Waals surface area contributed by atoms with E-state index in [1.165, 1.54) is 4.90 Å². The predicted molar refractivity (Wildman–Crippen MR) is 202 cm³/mol. The van der Waals surface area contributed by atoms with E-state index in [-0.39, 0.29) is 61.9 Å². The van der Waals surface area contributed by atoms with E-state index in [1.807, 2.05) is 74.5 Å². The Labute approximate surface area is 307 Å². The minimum Gasteiger partial charge on any atom is -0.354 e. The molecule has 1 aliphatic carbocycles. The molecule has 1 fully saturated rings. The lowest BCUT2D eigenvalue weighted by Gasteiger charge is -2.32. The fraction of sp³-hybridized carbons (Fsp3) is 0.463. The van der Waals surface area contributed by atoms with E-state index in [1.54, 1.807) is 18.5 Å². The summed E-state index contributed by atoms with van der Waals surface area (Å²) < 4.78 is 0. The zero-order valence-electron chi connectivity index (χ0n) is 30.5. The summed E-state index contributed by atoms with van der Waals surface area (Å²) in [5.74, 6) is -2.21. The van der Waals surface area contributed by atoms with Gasteiger partial charge in [-0.15, -0.1) is 0 Å². The number of hydrogen-bond acceptors (Lipinski definition) is 7. The molecule has 3 aromatic rings. The largest absolute Gasteiger partial charge is 0.354 e. The van der Waals surface area contributed by atoms with Crippen LogP contribution >= 0.6 is 0 Å². The van der Waals surface area contributed by atoms with E-state index in [4.69, 9.17) is 5.73 Å². The topological polar surface area (TPSA) is 164 Å². The SMILES string of the molecule is CCC1C(=O)C[C@H](C(=O)NCCNC(=O)[C@H](Cc2ccccc2)N(C(=O)CNC(=O)CCCCCCCN)c2ccccc2C)[C@H]1c1cccnc1. The predicted octanol–water partition coefficient (Wildman–Crippen LogP) is 4.38.